The zero-order chi connectivity index (χ0) is 14.5. The molecule has 116 valence electrons. The van der Waals surface area contributed by atoms with Crippen LogP contribution in [0.3, 0.4) is 0 Å². The number of hydrogen-bond acceptors (Lipinski definition) is 5. The van der Waals surface area contributed by atoms with Gasteiger partial charge in [-0.3, -0.25) is 4.98 Å². The molecule has 0 bridgehead atoms. The van der Waals surface area contributed by atoms with Crippen molar-refractivity contribution in [2.24, 2.45) is 10.9 Å². The molecule has 0 fully saturated rings. The minimum Gasteiger partial charge on any atom is -0.489 e. The fourth-order valence-electron chi connectivity index (χ4n) is 2.24. The molecule has 2 N–H and O–H groups in total. The van der Waals surface area contributed by atoms with Gasteiger partial charge in [0.05, 0.1) is 5.71 Å². The van der Waals surface area contributed by atoms with Gasteiger partial charge in [-0.15, -0.1) is 12.4 Å². The molecule has 2 aromatic rings. The number of ether oxygens (including phenoxy) is 1. The SMILES string of the molecule is Cl.NCC1=NOC(COc2ccccc2-c2ccncc2)C1. The summed E-state index contributed by atoms with van der Waals surface area (Å²) in [6.07, 6.45) is 4.21. The van der Waals surface area contributed by atoms with Gasteiger partial charge >= 0.3 is 0 Å². The molecule has 0 saturated carbocycles. The van der Waals surface area contributed by atoms with Gasteiger partial charge in [0.2, 0.25) is 0 Å². The van der Waals surface area contributed by atoms with Crippen molar-refractivity contribution in [1.29, 1.82) is 0 Å². The van der Waals surface area contributed by atoms with E-state index < -0.39 is 0 Å². The molecule has 1 aliphatic rings. The lowest BCUT2D eigenvalue weighted by molar-refractivity contribution is 0.0472. The van der Waals surface area contributed by atoms with Crippen LogP contribution in [0.1, 0.15) is 6.42 Å². The van der Waals surface area contributed by atoms with Crippen molar-refractivity contribution in [3.8, 4) is 16.9 Å². The first-order chi connectivity index (χ1) is 10.4. The Kier molecular flexibility index (Phi) is 5.75. The maximum Gasteiger partial charge on any atom is 0.166 e. The number of hydrogen-bond donors (Lipinski definition) is 1. The summed E-state index contributed by atoms with van der Waals surface area (Å²) in [6, 6.07) is 11.9. The van der Waals surface area contributed by atoms with E-state index in [4.69, 9.17) is 15.3 Å². The van der Waals surface area contributed by atoms with E-state index >= 15 is 0 Å². The molecular weight excluding hydrogens is 302 g/mol. The van der Waals surface area contributed by atoms with Crippen molar-refractivity contribution >= 4 is 18.1 Å². The Morgan fingerprint density at radius 3 is 2.68 bits per heavy atom. The monoisotopic (exact) mass is 319 g/mol. The van der Waals surface area contributed by atoms with Crippen LogP contribution in [0.25, 0.3) is 11.1 Å². The Balaban J connectivity index is 0.00000176. The van der Waals surface area contributed by atoms with Gasteiger partial charge < -0.3 is 15.3 Å². The molecule has 0 radical (unpaired) electrons. The van der Waals surface area contributed by atoms with Crippen molar-refractivity contribution in [3.63, 3.8) is 0 Å². The standard InChI is InChI=1S/C16H17N3O2.ClH/c17-10-13-9-14(21-19-13)11-20-16-4-2-1-3-15(16)12-5-7-18-8-6-12;/h1-8,14H,9-11,17H2;1H. The van der Waals surface area contributed by atoms with Gasteiger partial charge in [0.15, 0.2) is 6.10 Å². The van der Waals surface area contributed by atoms with Crippen LogP contribution in [-0.2, 0) is 4.84 Å². The van der Waals surface area contributed by atoms with E-state index in [1.54, 1.807) is 12.4 Å². The van der Waals surface area contributed by atoms with Crippen LogP contribution in [0.2, 0.25) is 0 Å². The summed E-state index contributed by atoms with van der Waals surface area (Å²) in [5, 5.41) is 3.93. The number of para-hydroxylation sites is 1. The van der Waals surface area contributed by atoms with Crippen LogP contribution in [-0.4, -0.2) is 30.0 Å². The Bertz CT molecular complexity index is 634. The number of halogens is 1. The van der Waals surface area contributed by atoms with E-state index in [2.05, 4.69) is 10.1 Å². The Labute approximate surface area is 135 Å². The lowest BCUT2D eigenvalue weighted by atomic mass is 10.1. The average molecular weight is 320 g/mol. The van der Waals surface area contributed by atoms with E-state index in [9.17, 15) is 0 Å². The molecule has 0 aliphatic carbocycles. The van der Waals surface area contributed by atoms with Crippen LogP contribution in [0.5, 0.6) is 5.75 Å². The van der Waals surface area contributed by atoms with Gasteiger partial charge in [-0.25, -0.2) is 0 Å². The van der Waals surface area contributed by atoms with Crippen molar-refractivity contribution in [2.45, 2.75) is 12.5 Å². The van der Waals surface area contributed by atoms with Crippen molar-refractivity contribution in [1.82, 2.24) is 4.98 Å². The molecule has 1 aromatic carbocycles. The molecule has 5 nitrogen and oxygen atoms in total. The number of nitrogens with two attached hydrogens (primary N) is 1. The van der Waals surface area contributed by atoms with E-state index in [0.29, 0.717) is 13.2 Å². The number of aromatic nitrogens is 1. The van der Waals surface area contributed by atoms with Crippen molar-refractivity contribution in [3.05, 3.63) is 48.8 Å². The molecule has 0 spiro atoms. The molecule has 6 heteroatoms. The predicted molar refractivity (Wildman–Crippen MR) is 88.4 cm³/mol. The number of oxime groups is 1. The second kappa shape index (κ2) is 7.77. The quantitative estimate of drug-likeness (QED) is 0.919. The average Bonchev–Trinajstić information content (AvgIpc) is 3.02. The lowest BCUT2D eigenvalue weighted by Gasteiger charge is -2.14. The molecule has 1 aromatic heterocycles. The van der Waals surface area contributed by atoms with E-state index in [0.717, 1.165) is 29.0 Å². The largest absolute Gasteiger partial charge is 0.489 e. The van der Waals surface area contributed by atoms with Crippen molar-refractivity contribution < 1.29 is 9.57 Å². The van der Waals surface area contributed by atoms with Gasteiger partial charge in [0.25, 0.3) is 0 Å². The summed E-state index contributed by atoms with van der Waals surface area (Å²) in [7, 11) is 0. The zero-order valence-electron chi connectivity index (χ0n) is 12.0. The second-order valence-electron chi connectivity index (χ2n) is 4.84. The molecule has 3 rings (SSSR count). The highest BCUT2D eigenvalue weighted by Gasteiger charge is 2.21. The van der Waals surface area contributed by atoms with Crippen LogP contribution < -0.4 is 10.5 Å². The summed E-state index contributed by atoms with van der Waals surface area (Å²) >= 11 is 0. The molecule has 0 amide bonds. The first-order valence-corrected chi connectivity index (χ1v) is 6.90. The maximum atomic E-state index is 5.91. The van der Waals surface area contributed by atoms with Gasteiger partial charge in [-0.1, -0.05) is 23.4 Å². The minimum atomic E-state index is -0.0611. The highest BCUT2D eigenvalue weighted by Crippen LogP contribution is 2.29. The van der Waals surface area contributed by atoms with Crippen LogP contribution >= 0.6 is 12.4 Å². The van der Waals surface area contributed by atoms with E-state index in [1.165, 1.54) is 0 Å². The predicted octanol–water partition coefficient (Wildman–Crippen LogP) is 2.65. The third kappa shape index (κ3) is 3.75. The summed E-state index contributed by atoms with van der Waals surface area (Å²) in [5.74, 6) is 0.827. The topological polar surface area (TPSA) is 69.7 Å². The Morgan fingerprint density at radius 2 is 1.95 bits per heavy atom. The van der Waals surface area contributed by atoms with Gasteiger partial charge in [0, 0.05) is 30.9 Å². The van der Waals surface area contributed by atoms with E-state index in [1.807, 2.05) is 36.4 Å². The number of pyridine rings is 1. The molecule has 1 atom stereocenters. The summed E-state index contributed by atoms with van der Waals surface area (Å²) < 4.78 is 5.91. The first-order valence-electron chi connectivity index (χ1n) is 6.90. The minimum absolute atomic E-state index is 0. The van der Waals surface area contributed by atoms with Crippen LogP contribution in [0, 0.1) is 0 Å². The molecule has 1 unspecified atom stereocenters. The lowest BCUT2D eigenvalue weighted by Crippen LogP contribution is -2.20. The molecule has 22 heavy (non-hydrogen) atoms. The van der Waals surface area contributed by atoms with Gasteiger partial charge in [-0.05, 0) is 23.8 Å². The Hall–Kier alpha value is -2.11. The summed E-state index contributed by atoms with van der Waals surface area (Å²) in [6.45, 7) is 0.888. The number of nitrogens with zero attached hydrogens (tertiary/aromatic N) is 2. The smallest absolute Gasteiger partial charge is 0.166 e. The van der Waals surface area contributed by atoms with Crippen LogP contribution in [0.4, 0.5) is 0 Å². The summed E-state index contributed by atoms with van der Waals surface area (Å²) in [4.78, 5) is 9.34. The second-order valence-corrected chi connectivity index (χ2v) is 4.84. The molecule has 0 saturated heterocycles. The molecule has 2 heterocycles. The highest BCUT2D eigenvalue weighted by molar-refractivity contribution is 5.87. The fraction of sp³-hybridized carbons (Fsp3) is 0.250. The van der Waals surface area contributed by atoms with E-state index in [-0.39, 0.29) is 18.5 Å². The zero-order valence-corrected chi connectivity index (χ0v) is 12.8. The van der Waals surface area contributed by atoms with Crippen LogP contribution in [0.15, 0.2) is 53.9 Å². The Morgan fingerprint density at radius 1 is 1.18 bits per heavy atom. The molecule has 1 aliphatic heterocycles. The summed E-state index contributed by atoms with van der Waals surface area (Å²) in [5.41, 5.74) is 8.54. The normalized spacial score (nSPS) is 16.4. The fourth-order valence-corrected chi connectivity index (χ4v) is 2.24. The first kappa shape index (κ1) is 16.3. The highest BCUT2D eigenvalue weighted by atomic mass is 35.5. The molecular formula is C16H18ClN3O2. The third-order valence-electron chi connectivity index (χ3n) is 3.33. The number of benzene rings is 1. The number of rotatable bonds is 5. The van der Waals surface area contributed by atoms with Gasteiger partial charge in [0.1, 0.15) is 12.4 Å². The maximum absolute atomic E-state index is 5.91. The van der Waals surface area contributed by atoms with Crippen molar-refractivity contribution in [2.75, 3.05) is 13.2 Å². The third-order valence-corrected chi connectivity index (χ3v) is 3.33. The van der Waals surface area contributed by atoms with Gasteiger partial charge in [-0.2, -0.15) is 0 Å².